The van der Waals surface area contributed by atoms with Gasteiger partial charge in [-0.15, -0.1) is 0 Å². The van der Waals surface area contributed by atoms with Crippen molar-refractivity contribution in [3.05, 3.63) is 0 Å². The normalized spacial score (nSPS) is 21.7. The third-order valence-corrected chi connectivity index (χ3v) is 4.49. The molecule has 0 aromatic rings. The molecule has 17 heavy (non-hydrogen) atoms. The molecule has 0 spiro atoms. The monoisotopic (exact) mass is 240 g/mol. The van der Waals surface area contributed by atoms with Gasteiger partial charge in [-0.2, -0.15) is 0 Å². The predicted octanol–water partition coefficient (Wildman–Crippen LogP) is 3.41. The highest BCUT2D eigenvalue weighted by Crippen LogP contribution is 2.28. The topological polar surface area (TPSA) is 29.3 Å². The van der Waals surface area contributed by atoms with Crippen molar-refractivity contribution in [3.8, 4) is 0 Å². The van der Waals surface area contributed by atoms with Crippen molar-refractivity contribution < 1.29 is 0 Å². The molecule has 0 radical (unpaired) electrons. The molecule has 102 valence electrons. The maximum absolute atomic E-state index is 6.50. The van der Waals surface area contributed by atoms with Crippen molar-refractivity contribution in [1.82, 2.24) is 4.90 Å². The first-order valence-corrected chi connectivity index (χ1v) is 7.61. The summed E-state index contributed by atoms with van der Waals surface area (Å²) < 4.78 is 0. The summed E-state index contributed by atoms with van der Waals surface area (Å²) in [6.45, 7) is 10.5. The zero-order chi connectivity index (χ0) is 12.7. The van der Waals surface area contributed by atoms with Crippen molar-refractivity contribution in [2.24, 2.45) is 11.7 Å². The van der Waals surface area contributed by atoms with Crippen LogP contribution < -0.4 is 5.73 Å². The molecule has 0 aliphatic heterocycles. The lowest BCUT2D eigenvalue weighted by molar-refractivity contribution is 0.195. The molecule has 2 nitrogen and oxygen atoms in total. The third-order valence-electron chi connectivity index (χ3n) is 4.49. The van der Waals surface area contributed by atoms with E-state index in [1.54, 1.807) is 0 Å². The van der Waals surface area contributed by atoms with Gasteiger partial charge in [0.2, 0.25) is 0 Å². The van der Waals surface area contributed by atoms with Crippen LogP contribution in [0.3, 0.4) is 0 Å². The van der Waals surface area contributed by atoms with E-state index in [1.165, 1.54) is 64.6 Å². The Morgan fingerprint density at radius 3 is 2.35 bits per heavy atom. The van der Waals surface area contributed by atoms with Crippen molar-refractivity contribution in [2.45, 2.75) is 71.3 Å². The van der Waals surface area contributed by atoms with Gasteiger partial charge in [0.15, 0.2) is 0 Å². The fraction of sp³-hybridized carbons (Fsp3) is 1.00. The van der Waals surface area contributed by atoms with E-state index in [2.05, 4.69) is 25.7 Å². The highest BCUT2D eigenvalue weighted by molar-refractivity contribution is 4.88. The van der Waals surface area contributed by atoms with E-state index in [9.17, 15) is 0 Å². The van der Waals surface area contributed by atoms with Gasteiger partial charge in [0, 0.05) is 12.1 Å². The van der Waals surface area contributed by atoms with E-state index in [-0.39, 0.29) is 5.54 Å². The zero-order valence-corrected chi connectivity index (χ0v) is 12.2. The Morgan fingerprint density at radius 1 is 1.18 bits per heavy atom. The Hall–Kier alpha value is -0.0800. The lowest BCUT2D eigenvalue weighted by Crippen LogP contribution is -2.45. The van der Waals surface area contributed by atoms with E-state index in [1.807, 2.05) is 0 Å². The molecule has 1 unspecified atom stereocenters. The van der Waals surface area contributed by atoms with Crippen LogP contribution in [-0.2, 0) is 0 Å². The molecule has 1 aliphatic rings. The fourth-order valence-electron chi connectivity index (χ4n) is 2.84. The number of rotatable bonds is 7. The third kappa shape index (κ3) is 5.39. The van der Waals surface area contributed by atoms with Gasteiger partial charge in [0.25, 0.3) is 0 Å². The second-order valence-electron chi connectivity index (χ2n) is 6.08. The predicted molar refractivity (Wildman–Crippen MR) is 76.2 cm³/mol. The number of nitrogens with two attached hydrogens (primary N) is 1. The quantitative estimate of drug-likeness (QED) is 0.739. The molecule has 1 fully saturated rings. The van der Waals surface area contributed by atoms with Crippen LogP contribution in [0.1, 0.15) is 65.7 Å². The molecule has 0 heterocycles. The molecular weight excluding hydrogens is 208 g/mol. The van der Waals surface area contributed by atoms with Gasteiger partial charge in [-0.25, -0.2) is 0 Å². The van der Waals surface area contributed by atoms with Crippen LogP contribution in [0.2, 0.25) is 0 Å². The second-order valence-corrected chi connectivity index (χ2v) is 6.08. The summed E-state index contributed by atoms with van der Waals surface area (Å²) in [4.78, 5) is 2.58. The minimum absolute atomic E-state index is 0.154. The first-order valence-electron chi connectivity index (χ1n) is 7.61. The molecule has 0 bridgehead atoms. The number of nitrogens with zero attached hydrogens (tertiary/aromatic N) is 1. The summed E-state index contributed by atoms with van der Waals surface area (Å²) >= 11 is 0. The van der Waals surface area contributed by atoms with Crippen molar-refractivity contribution >= 4 is 0 Å². The lowest BCUT2D eigenvalue weighted by Gasteiger charge is -2.35. The van der Waals surface area contributed by atoms with Crippen LogP contribution in [0.4, 0.5) is 0 Å². The summed E-state index contributed by atoms with van der Waals surface area (Å²) in [5.74, 6) is 0.815. The van der Waals surface area contributed by atoms with E-state index >= 15 is 0 Å². The molecule has 0 amide bonds. The van der Waals surface area contributed by atoms with Crippen molar-refractivity contribution in [2.75, 3.05) is 19.6 Å². The number of hydrogen-bond donors (Lipinski definition) is 1. The van der Waals surface area contributed by atoms with Crippen LogP contribution in [-0.4, -0.2) is 30.1 Å². The van der Waals surface area contributed by atoms with Gasteiger partial charge in [-0.05, 0) is 38.3 Å². The Labute approximate surface area is 108 Å². The molecule has 1 saturated carbocycles. The van der Waals surface area contributed by atoms with E-state index in [4.69, 9.17) is 5.73 Å². The van der Waals surface area contributed by atoms with Gasteiger partial charge in [0.1, 0.15) is 0 Å². The van der Waals surface area contributed by atoms with E-state index in [0.29, 0.717) is 0 Å². The van der Waals surface area contributed by atoms with Crippen LogP contribution >= 0.6 is 0 Å². The highest BCUT2D eigenvalue weighted by Gasteiger charge is 2.27. The SMILES string of the molecule is CCC(C)CN(CC)CCC1(N)CCCCC1. The molecule has 0 aromatic carbocycles. The van der Waals surface area contributed by atoms with Gasteiger partial charge < -0.3 is 10.6 Å². The van der Waals surface area contributed by atoms with Gasteiger partial charge in [-0.1, -0.05) is 46.5 Å². The largest absolute Gasteiger partial charge is 0.325 e. The van der Waals surface area contributed by atoms with Gasteiger partial charge >= 0.3 is 0 Å². The minimum Gasteiger partial charge on any atom is -0.325 e. The standard InChI is InChI=1S/C15H32N2/c1-4-14(3)13-17(5-2)12-11-15(16)9-7-6-8-10-15/h14H,4-13,16H2,1-3H3. The van der Waals surface area contributed by atoms with E-state index < -0.39 is 0 Å². The van der Waals surface area contributed by atoms with Crippen molar-refractivity contribution in [3.63, 3.8) is 0 Å². The average molecular weight is 240 g/mol. The van der Waals surface area contributed by atoms with Gasteiger partial charge in [0.05, 0.1) is 0 Å². The molecule has 1 atom stereocenters. The Kier molecular flexibility index (Phi) is 6.50. The number of hydrogen-bond acceptors (Lipinski definition) is 2. The molecule has 1 aliphatic carbocycles. The Bertz CT molecular complexity index is 197. The molecule has 2 N–H and O–H groups in total. The first-order chi connectivity index (χ1) is 8.09. The van der Waals surface area contributed by atoms with Crippen LogP contribution in [0.25, 0.3) is 0 Å². The molecular formula is C15H32N2. The van der Waals surface area contributed by atoms with Crippen LogP contribution in [0.15, 0.2) is 0 Å². The summed E-state index contributed by atoms with van der Waals surface area (Å²) in [5, 5.41) is 0. The smallest absolute Gasteiger partial charge is 0.0166 e. The maximum atomic E-state index is 6.50. The fourth-order valence-corrected chi connectivity index (χ4v) is 2.84. The Morgan fingerprint density at radius 2 is 1.82 bits per heavy atom. The summed E-state index contributed by atoms with van der Waals surface area (Å²) in [5.41, 5.74) is 6.65. The summed E-state index contributed by atoms with van der Waals surface area (Å²) in [6.07, 6.45) is 9.04. The maximum Gasteiger partial charge on any atom is 0.0166 e. The first kappa shape index (κ1) is 15.0. The molecule has 0 aromatic heterocycles. The Balaban J connectivity index is 2.30. The van der Waals surface area contributed by atoms with Crippen LogP contribution in [0, 0.1) is 5.92 Å². The van der Waals surface area contributed by atoms with E-state index in [0.717, 1.165) is 5.92 Å². The highest BCUT2D eigenvalue weighted by atomic mass is 15.1. The molecule has 2 heteroatoms. The second kappa shape index (κ2) is 7.38. The van der Waals surface area contributed by atoms with Gasteiger partial charge in [-0.3, -0.25) is 0 Å². The summed E-state index contributed by atoms with van der Waals surface area (Å²) in [6, 6.07) is 0. The average Bonchev–Trinajstić information content (AvgIpc) is 2.35. The summed E-state index contributed by atoms with van der Waals surface area (Å²) in [7, 11) is 0. The molecule has 1 rings (SSSR count). The molecule has 0 saturated heterocycles. The zero-order valence-electron chi connectivity index (χ0n) is 12.2. The van der Waals surface area contributed by atoms with Crippen molar-refractivity contribution in [1.29, 1.82) is 0 Å². The lowest BCUT2D eigenvalue weighted by atomic mass is 9.80. The van der Waals surface area contributed by atoms with Crippen LogP contribution in [0.5, 0.6) is 0 Å². The minimum atomic E-state index is 0.154.